The molecular weight excluding hydrogens is 250 g/mol. The summed E-state index contributed by atoms with van der Waals surface area (Å²) in [4.78, 5) is 2.99. The highest BCUT2D eigenvalue weighted by atomic mass is 32.1. The Balaban J connectivity index is 2.06. The van der Waals surface area contributed by atoms with Gasteiger partial charge in [0.2, 0.25) is 0 Å². The molecule has 2 atom stereocenters. The number of benzene rings is 1. The maximum Gasteiger partial charge on any atom is 0.0346 e. The Morgan fingerprint density at radius 3 is 2.32 bits per heavy atom. The average Bonchev–Trinajstić information content (AvgIpc) is 2.88. The van der Waals surface area contributed by atoms with E-state index in [2.05, 4.69) is 68.7 Å². The smallest absolute Gasteiger partial charge is 0.0346 e. The highest BCUT2D eigenvalue weighted by molar-refractivity contribution is 7.11. The first kappa shape index (κ1) is 14.3. The lowest BCUT2D eigenvalue weighted by molar-refractivity contribution is 0.411. The van der Waals surface area contributed by atoms with Crippen molar-refractivity contribution >= 4 is 11.3 Å². The molecule has 1 heterocycles. The van der Waals surface area contributed by atoms with Crippen LogP contribution in [0.15, 0.2) is 42.5 Å². The Kier molecular flexibility index (Phi) is 5.17. The van der Waals surface area contributed by atoms with Gasteiger partial charge >= 0.3 is 0 Å². The molecule has 0 radical (unpaired) electrons. The number of rotatable bonds is 6. The van der Waals surface area contributed by atoms with Crippen LogP contribution in [-0.4, -0.2) is 7.05 Å². The van der Waals surface area contributed by atoms with Crippen LogP contribution < -0.4 is 5.32 Å². The number of hydrogen-bond donors (Lipinski definition) is 1. The van der Waals surface area contributed by atoms with Crippen molar-refractivity contribution in [2.45, 2.75) is 32.7 Å². The minimum Gasteiger partial charge on any atom is -0.313 e. The second kappa shape index (κ2) is 6.88. The largest absolute Gasteiger partial charge is 0.313 e. The molecule has 2 rings (SSSR count). The molecule has 0 saturated carbocycles. The molecule has 2 aromatic rings. The second-order valence-electron chi connectivity index (χ2n) is 5.08. The summed E-state index contributed by atoms with van der Waals surface area (Å²) < 4.78 is 0. The van der Waals surface area contributed by atoms with Gasteiger partial charge in [-0.2, -0.15) is 0 Å². The van der Waals surface area contributed by atoms with Crippen LogP contribution in [0.25, 0.3) is 0 Å². The first-order valence-electron chi connectivity index (χ1n) is 7.04. The average molecular weight is 273 g/mol. The summed E-state index contributed by atoms with van der Waals surface area (Å²) in [7, 11) is 2.06. The van der Waals surface area contributed by atoms with Crippen molar-refractivity contribution in [3.05, 3.63) is 57.8 Å². The van der Waals surface area contributed by atoms with Crippen LogP contribution in [0.4, 0.5) is 0 Å². The van der Waals surface area contributed by atoms with Gasteiger partial charge < -0.3 is 5.32 Å². The lowest BCUT2D eigenvalue weighted by atomic mass is 9.91. The van der Waals surface area contributed by atoms with E-state index in [0.717, 1.165) is 12.8 Å². The van der Waals surface area contributed by atoms with Crippen molar-refractivity contribution in [1.29, 1.82) is 0 Å². The van der Waals surface area contributed by atoms with Crippen molar-refractivity contribution in [2.24, 2.45) is 5.92 Å². The molecular formula is C17H23NS. The first-order chi connectivity index (χ1) is 9.24. The van der Waals surface area contributed by atoms with Crippen LogP contribution >= 0.6 is 11.3 Å². The Hall–Kier alpha value is -1.12. The zero-order chi connectivity index (χ0) is 13.7. The Morgan fingerprint density at radius 2 is 1.74 bits per heavy atom. The van der Waals surface area contributed by atoms with E-state index in [0.29, 0.717) is 12.0 Å². The third-order valence-electron chi connectivity index (χ3n) is 3.63. The summed E-state index contributed by atoms with van der Waals surface area (Å²) in [5.41, 5.74) is 1.38. The molecule has 0 aliphatic rings. The highest BCUT2D eigenvalue weighted by Crippen LogP contribution is 2.27. The monoisotopic (exact) mass is 273 g/mol. The fourth-order valence-electron chi connectivity index (χ4n) is 2.60. The molecule has 0 amide bonds. The van der Waals surface area contributed by atoms with E-state index in [1.165, 1.54) is 15.3 Å². The van der Waals surface area contributed by atoms with Gasteiger partial charge in [0, 0.05) is 15.8 Å². The predicted octanol–water partition coefficient (Wildman–Crippen LogP) is 4.45. The Labute approximate surface area is 120 Å². The predicted molar refractivity (Wildman–Crippen MR) is 84.8 cm³/mol. The lowest BCUT2D eigenvalue weighted by Crippen LogP contribution is -2.24. The lowest BCUT2D eigenvalue weighted by Gasteiger charge is -2.23. The van der Waals surface area contributed by atoms with Crippen LogP contribution in [0, 0.1) is 5.92 Å². The summed E-state index contributed by atoms with van der Waals surface area (Å²) in [6.07, 6.45) is 2.29. The van der Waals surface area contributed by atoms with E-state index < -0.39 is 0 Å². The molecule has 0 bridgehead atoms. The van der Waals surface area contributed by atoms with Gasteiger partial charge in [0.1, 0.15) is 0 Å². The van der Waals surface area contributed by atoms with Gasteiger partial charge in [-0.05, 0) is 43.5 Å². The van der Waals surface area contributed by atoms with E-state index in [9.17, 15) is 0 Å². The number of hydrogen-bond acceptors (Lipinski definition) is 2. The standard InChI is InChI=1S/C17H23NS/c1-4-15-10-11-16(19-15)12-13(2)17(18-3)14-8-6-5-7-9-14/h5-11,13,17-18H,4,12H2,1-3H3. The Bertz CT molecular complexity index is 489. The maximum atomic E-state index is 3.46. The highest BCUT2D eigenvalue weighted by Gasteiger charge is 2.18. The number of nitrogens with one attached hydrogen (secondary N) is 1. The molecule has 0 fully saturated rings. The van der Waals surface area contributed by atoms with Gasteiger partial charge in [-0.15, -0.1) is 11.3 Å². The summed E-state index contributed by atoms with van der Waals surface area (Å²) in [6, 6.07) is 15.7. The third-order valence-corrected chi connectivity index (χ3v) is 4.88. The van der Waals surface area contributed by atoms with E-state index in [4.69, 9.17) is 0 Å². The molecule has 19 heavy (non-hydrogen) atoms. The molecule has 1 N–H and O–H groups in total. The normalized spacial score (nSPS) is 14.3. The van der Waals surface area contributed by atoms with E-state index in [-0.39, 0.29) is 0 Å². The first-order valence-corrected chi connectivity index (χ1v) is 7.86. The SMILES string of the molecule is CCc1ccc(CC(C)C(NC)c2ccccc2)s1. The van der Waals surface area contributed by atoms with Gasteiger partial charge in [-0.1, -0.05) is 44.2 Å². The zero-order valence-electron chi connectivity index (χ0n) is 12.0. The van der Waals surface area contributed by atoms with Crippen molar-refractivity contribution < 1.29 is 0 Å². The van der Waals surface area contributed by atoms with Gasteiger partial charge in [-0.25, -0.2) is 0 Å². The van der Waals surface area contributed by atoms with E-state index in [1.54, 1.807) is 0 Å². The van der Waals surface area contributed by atoms with Crippen molar-refractivity contribution in [3.63, 3.8) is 0 Å². The number of thiophene rings is 1. The van der Waals surface area contributed by atoms with Crippen LogP contribution in [0.2, 0.25) is 0 Å². The molecule has 0 aliphatic carbocycles. The van der Waals surface area contributed by atoms with Crippen LogP contribution in [0.5, 0.6) is 0 Å². The summed E-state index contributed by atoms with van der Waals surface area (Å²) in [5.74, 6) is 0.593. The van der Waals surface area contributed by atoms with E-state index >= 15 is 0 Å². The summed E-state index contributed by atoms with van der Waals surface area (Å²) in [6.45, 7) is 4.55. The van der Waals surface area contributed by atoms with Crippen LogP contribution in [0.1, 0.15) is 35.2 Å². The second-order valence-corrected chi connectivity index (χ2v) is 6.33. The fourth-order valence-corrected chi connectivity index (χ4v) is 3.70. The third kappa shape index (κ3) is 3.68. The maximum absolute atomic E-state index is 3.46. The fraction of sp³-hybridized carbons (Fsp3) is 0.412. The van der Waals surface area contributed by atoms with E-state index in [1.807, 2.05) is 11.3 Å². The van der Waals surface area contributed by atoms with Gasteiger partial charge in [-0.3, -0.25) is 0 Å². The molecule has 0 saturated heterocycles. The van der Waals surface area contributed by atoms with Crippen LogP contribution in [0.3, 0.4) is 0 Å². The zero-order valence-corrected chi connectivity index (χ0v) is 12.8. The van der Waals surface area contributed by atoms with Crippen molar-refractivity contribution in [2.75, 3.05) is 7.05 Å². The molecule has 0 aliphatic heterocycles. The minimum atomic E-state index is 0.424. The minimum absolute atomic E-state index is 0.424. The molecule has 1 aromatic carbocycles. The molecule has 1 aromatic heterocycles. The van der Waals surface area contributed by atoms with Crippen molar-refractivity contribution in [1.82, 2.24) is 5.32 Å². The summed E-state index contributed by atoms with van der Waals surface area (Å²) in [5, 5.41) is 3.46. The summed E-state index contributed by atoms with van der Waals surface area (Å²) >= 11 is 1.96. The van der Waals surface area contributed by atoms with Gasteiger partial charge in [0.05, 0.1) is 0 Å². The molecule has 1 nitrogen and oxygen atoms in total. The Morgan fingerprint density at radius 1 is 1.05 bits per heavy atom. The molecule has 2 heteroatoms. The quantitative estimate of drug-likeness (QED) is 0.820. The van der Waals surface area contributed by atoms with Crippen LogP contribution in [-0.2, 0) is 12.8 Å². The molecule has 0 spiro atoms. The molecule has 102 valence electrons. The molecule has 2 unspecified atom stereocenters. The topological polar surface area (TPSA) is 12.0 Å². The van der Waals surface area contributed by atoms with Gasteiger partial charge in [0.15, 0.2) is 0 Å². The number of aryl methyl sites for hydroxylation is 1. The van der Waals surface area contributed by atoms with Gasteiger partial charge in [0.25, 0.3) is 0 Å². The van der Waals surface area contributed by atoms with Crippen molar-refractivity contribution in [3.8, 4) is 0 Å².